The quantitative estimate of drug-likeness (QED) is 0.542. The summed E-state index contributed by atoms with van der Waals surface area (Å²) in [6.07, 6.45) is -2.85. The highest BCUT2D eigenvalue weighted by Crippen LogP contribution is 2.23. The van der Waals surface area contributed by atoms with Crippen LogP contribution in [0.25, 0.3) is 5.69 Å². The van der Waals surface area contributed by atoms with Gasteiger partial charge in [-0.25, -0.2) is 4.68 Å². The molecule has 0 saturated carbocycles. The first-order chi connectivity index (χ1) is 13.4. The lowest BCUT2D eigenvalue weighted by molar-refractivity contribution is -0.151. The lowest BCUT2D eigenvalue weighted by Crippen LogP contribution is -2.35. The van der Waals surface area contributed by atoms with Crippen molar-refractivity contribution in [1.29, 1.82) is 0 Å². The third kappa shape index (κ3) is 4.99. The molecule has 0 aliphatic heterocycles. The van der Waals surface area contributed by atoms with E-state index < -0.39 is 12.7 Å². The molecule has 0 N–H and O–H groups in total. The number of ether oxygens (including phenoxy) is 1. The SMILES string of the molecule is COc1ccccc1-n1cnn(CN(Cc2ccccc2)CC(F)(F)F)c1=S. The molecule has 28 heavy (non-hydrogen) atoms. The summed E-state index contributed by atoms with van der Waals surface area (Å²) in [6, 6.07) is 16.2. The van der Waals surface area contributed by atoms with Crippen molar-refractivity contribution in [3.05, 3.63) is 71.3 Å². The van der Waals surface area contributed by atoms with Gasteiger partial charge in [0.15, 0.2) is 0 Å². The van der Waals surface area contributed by atoms with Crippen molar-refractivity contribution in [2.24, 2.45) is 0 Å². The number of halogens is 3. The van der Waals surface area contributed by atoms with Crippen molar-refractivity contribution in [1.82, 2.24) is 19.2 Å². The van der Waals surface area contributed by atoms with Gasteiger partial charge in [-0.2, -0.15) is 18.3 Å². The molecule has 0 aliphatic rings. The molecule has 1 aromatic heterocycles. The van der Waals surface area contributed by atoms with Crippen LogP contribution >= 0.6 is 12.2 Å². The Labute approximate surface area is 165 Å². The average molecular weight is 408 g/mol. The lowest BCUT2D eigenvalue weighted by atomic mass is 10.2. The van der Waals surface area contributed by atoms with E-state index in [4.69, 9.17) is 17.0 Å². The lowest BCUT2D eigenvalue weighted by Gasteiger charge is -2.23. The molecule has 0 fully saturated rings. The molecule has 0 atom stereocenters. The summed E-state index contributed by atoms with van der Waals surface area (Å²) in [7, 11) is 1.54. The molecule has 1 heterocycles. The summed E-state index contributed by atoms with van der Waals surface area (Å²) >= 11 is 5.44. The molecule has 0 unspecified atom stereocenters. The van der Waals surface area contributed by atoms with E-state index in [2.05, 4.69) is 5.10 Å². The minimum absolute atomic E-state index is 0.0879. The van der Waals surface area contributed by atoms with Gasteiger partial charge >= 0.3 is 6.18 Å². The molecule has 148 valence electrons. The first kappa shape index (κ1) is 20.1. The molecular formula is C19H19F3N4OS. The molecule has 0 bridgehead atoms. The standard InChI is InChI=1S/C19H19F3N4OS/c1-27-17-10-6-5-9-16(17)25-13-23-26(18(25)28)14-24(12-19(20,21)22)11-15-7-3-2-4-8-15/h2-10,13H,11-12,14H2,1H3. The second-order valence-electron chi connectivity index (χ2n) is 6.18. The molecule has 0 amide bonds. The van der Waals surface area contributed by atoms with Crippen LogP contribution in [0.1, 0.15) is 5.56 Å². The Hall–Kier alpha value is -2.65. The predicted octanol–water partition coefficient (Wildman–Crippen LogP) is 4.43. The summed E-state index contributed by atoms with van der Waals surface area (Å²) < 4.78 is 47.8. The smallest absolute Gasteiger partial charge is 0.401 e. The number of rotatable bonds is 7. The topological polar surface area (TPSA) is 35.2 Å². The van der Waals surface area contributed by atoms with Crippen LogP contribution in [0.4, 0.5) is 13.2 Å². The van der Waals surface area contributed by atoms with E-state index in [0.717, 1.165) is 5.56 Å². The molecule has 0 saturated heterocycles. The maximum Gasteiger partial charge on any atom is 0.401 e. The minimum atomic E-state index is -4.33. The van der Waals surface area contributed by atoms with Crippen LogP contribution in [0.2, 0.25) is 0 Å². The van der Waals surface area contributed by atoms with E-state index in [0.29, 0.717) is 11.4 Å². The minimum Gasteiger partial charge on any atom is -0.495 e. The second kappa shape index (κ2) is 8.57. The zero-order valence-corrected chi connectivity index (χ0v) is 16.0. The summed E-state index contributed by atoms with van der Waals surface area (Å²) in [5.74, 6) is 0.592. The molecule has 9 heteroatoms. The first-order valence-corrected chi connectivity index (χ1v) is 8.89. The molecule has 3 aromatic rings. The number of aromatic nitrogens is 3. The number of methoxy groups -OCH3 is 1. The van der Waals surface area contributed by atoms with Crippen molar-refractivity contribution in [2.45, 2.75) is 19.4 Å². The van der Waals surface area contributed by atoms with Crippen molar-refractivity contribution in [2.75, 3.05) is 13.7 Å². The van der Waals surface area contributed by atoms with Crippen molar-refractivity contribution in [3.63, 3.8) is 0 Å². The number of nitrogens with zero attached hydrogens (tertiary/aromatic N) is 4. The van der Waals surface area contributed by atoms with Gasteiger partial charge in [-0.15, -0.1) is 0 Å². The predicted molar refractivity (Wildman–Crippen MR) is 102 cm³/mol. The number of hydrogen-bond donors (Lipinski definition) is 0. The second-order valence-corrected chi connectivity index (χ2v) is 6.55. The third-order valence-corrected chi connectivity index (χ3v) is 4.47. The number of para-hydroxylation sites is 2. The molecule has 3 rings (SSSR count). The Bertz CT molecular complexity index is 969. The summed E-state index contributed by atoms with van der Waals surface area (Å²) in [6.45, 7) is -1.02. The van der Waals surface area contributed by atoms with Crippen LogP contribution in [0.3, 0.4) is 0 Å². The Kier molecular flexibility index (Phi) is 6.15. The van der Waals surface area contributed by atoms with Gasteiger partial charge in [0.25, 0.3) is 0 Å². The highest BCUT2D eigenvalue weighted by Gasteiger charge is 2.31. The fourth-order valence-corrected chi connectivity index (χ4v) is 3.12. The van der Waals surface area contributed by atoms with Crippen LogP contribution in [-0.2, 0) is 13.2 Å². The Morgan fingerprint density at radius 1 is 1.07 bits per heavy atom. The highest BCUT2D eigenvalue weighted by atomic mass is 32.1. The fraction of sp³-hybridized carbons (Fsp3) is 0.263. The molecule has 5 nitrogen and oxygen atoms in total. The van der Waals surface area contributed by atoms with Gasteiger partial charge in [0, 0.05) is 6.54 Å². The molecule has 0 spiro atoms. The Balaban J connectivity index is 1.87. The summed E-state index contributed by atoms with van der Waals surface area (Å²) in [4.78, 5) is 1.25. The maximum absolute atomic E-state index is 13.1. The fourth-order valence-electron chi connectivity index (χ4n) is 2.87. The van der Waals surface area contributed by atoms with Crippen LogP contribution in [-0.4, -0.2) is 39.1 Å². The molecule has 2 aromatic carbocycles. The van der Waals surface area contributed by atoms with Gasteiger partial charge in [0.05, 0.1) is 26.0 Å². The summed E-state index contributed by atoms with van der Waals surface area (Å²) in [5.41, 5.74) is 1.45. The zero-order chi connectivity index (χ0) is 20.1. The zero-order valence-electron chi connectivity index (χ0n) is 15.1. The van der Waals surface area contributed by atoms with Gasteiger partial charge in [-0.1, -0.05) is 42.5 Å². The van der Waals surface area contributed by atoms with Crippen LogP contribution in [0.15, 0.2) is 60.9 Å². The van der Waals surface area contributed by atoms with E-state index >= 15 is 0 Å². The normalized spacial score (nSPS) is 11.8. The number of hydrogen-bond acceptors (Lipinski definition) is 4. The van der Waals surface area contributed by atoms with Gasteiger partial charge in [-0.05, 0) is 29.9 Å². The van der Waals surface area contributed by atoms with Crippen molar-refractivity contribution in [3.8, 4) is 11.4 Å². The van der Waals surface area contributed by atoms with E-state index in [-0.39, 0.29) is 18.0 Å². The van der Waals surface area contributed by atoms with E-state index in [9.17, 15) is 13.2 Å². The third-order valence-electron chi connectivity index (χ3n) is 4.06. The van der Waals surface area contributed by atoms with Gasteiger partial charge in [0.2, 0.25) is 4.77 Å². The van der Waals surface area contributed by atoms with Gasteiger partial charge in [-0.3, -0.25) is 9.47 Å². The molecule has 0 radical (unpaired) electrons. The number of benzene rings is 2. The van der Waals surface area contributed by atoms with Gasteiger partial charge in [0.1, 0.15) is 12.1 Å². The highest BCUT2D eigenvalue weighted by molar-refractivity contribution is 7.71. The largest absolute Gasteiger partial charge is 0.495 e. The van der Waals surface area contributed by atoms with Crippen molar-refractivity contribution >= 4 is 12.2 Å². The van der Waals surface area contributed by atoms with Crippen LogP contribution in [0.5, 0.6) is 5.75 Å². The Morgan fingerprint density at radius 3 is 2.43 bits per heavy atom. The Morgan fingerprint density at radius 2 is 1.75 bits per heavy atom. The average Bonchev–Trinajstić information content (AvgIpc) is 3.01. The van der Waals surface area contributed by atoms with Gasteiger partial charge < -0.3 is 4.74 Å². The van der Waals surface area contributed by atoms with E-state index in [1.54, 1.807) is 41.0 Å². The number of alkyl halides is 3. The molecular weight excluding hydrogens is 389 g/mol. The van der Waals surface area contributed by atoms with E-state index in [1.807, 2.05) is 18.2 Å². The molecule has 0 aliphatic carbocycles. The maximum atomic E-state index is 13.1. The van der Waals surface area contributed by atoms with Crippen LogP contribution < -0.4 is 4.74 Å². The van der Waals surface area contributed by atoms with E-state index in [1.165, 1.54) is 23.0 Å². The van der Waals surface area contributed by atoms with Crippen molar-refractivity contribution < 1.29 is 17.9 Å². The monoisotopic (exact) mass is 408 g/mol. The first-order valence-electron chi connectivity index (χ1n) is 8.48. The van der Waals surface area contributed by atoms with Crippen LogP contribution in [0, 0.1) is 4.77 Å². The summed E-state index contributed by atoms with van der Waals surface area (Å²) in [5, 5.41) is 4.19.